The van der Waals surface area contributed by atoms with E-state index in [0.717, 1.165) is 12.8 Å². The molecule has 7 heteroatoms. The van der Waals surface area contributed by atoms with Crippen molar-refractivity contribution in [2.45, 2.75) is 31.8 Å². The van der Waals surface area contributed by atoms with Crippen molar-refractivity contribution in [1.82, 2.24) is 9.97 Å². The minimum atomic E-state index is -1.86. The van der Waals surface area contributed by atoms with E-state index in [1.165, 1.54) is 11.8 Å². The molecular weight excluding hydrogens is 286 g/mol. The van der Waals surface area contributed by atoms with Crippen LogP contribution in [0.2, 0.25) is 0 Å². The Kier molecular flexibility index (Phi) is 7.21. The van der Waals surface area contributed by atoms with E-state index < -0.39 is 15.6 Å². The number of thioether (sulfide) groups is 1. The van der Waals surface area contributed by atoms with Gasteiger partial charge < -0.3 is 9.13 Å². The zero-order valence-electron chi connectivity index (χ0n) is 11.0. The average molecular weight is 306 g/mol. The third-order valence-electron chi connectivity index (χ3n) is 2.41. The van der Waals surface area contributed by atoms with Gasteiger partial charge in [0.25, 0.3) is 0 Å². The maximum absolute atomic E-state index is 12.0. The molecule has 1 aromatic rings. The van der Waals surface area contributed by atoms with Gasteiger partial charge in [-0.3, -0.25) is 0 Å². The van der Waals surface area contributed by atoms with Crippen LogP contribution in [0, 0.1) is 0 Å². The third-order valence-corrected chi connectivity index (χ3v) is 6.52. The van der Waals surface area contributed by atoms with Crippen LogP contribution in [-0.4, -0.2) is 28.5 Å². The van der Waals surface area contributed by atoms with E-state index in [2.05, 4.69) is 9.97 Å². The van der Waals surface area contributed by atoms with Crippen LogP contribution in [0.25, 0.3) is 0 Å². The summed E-state index contributed by atoms with van der Waals surface area (Å²) in [5.74, 6) is 0. The average Bonchev–Trinajstić information content (AvgIpc) is 2.38. The van der Waals surface area contributed by atoms with E-state index >= 15 is 0 Å². The molecule has 0 spiro atoms. The van der Waals surface area contributed by atoms with E-state index in [4.69, 9.17) is 0 Å². The molecule has 2 unspecified atom stereocenters. The summed E-state index contributed by atoms with van der Waals surface area (Å²) < 4.78 is 24.1. The van der Waals surface area contributed by atoms with Gasteiger partial charge in [-0.15, -0.1) is 0 Å². The maximum atomic E-state index is 12.0. The van der Waals surface area contributed by atoms with E-state index in [1.54, 1.807) is 6.07 Å². The quantitative estimate of drug-likeness (QED) is 0.440. The molecular formula is C11H20N2O2P2S. The van der Waals surface area contributed by atoms with Gasteiger partial charge in [0.05, 0.1) is 0 Å². The van der Waals surface area contributed by atoms with Crippen molar-refractivity contribution in [1.29, 1.82) is 0 Å². The first-order valence-electron chi connectivity index (χ1n) is 6.11. The smallest absolute Gasteiger partial charge is 0.188 e. The van der Waals surface area contributed by atoms with Crippen LogP contribution in [0.5, 0.6) is 0 Å². The molecule has 1 aromatic heterocycles. The maximum Gasteiger partial charge on any atom is 0.188 e. The highest BCUT2D eigenvalue weighted by molar-refractivity contribution is 7.98. The van der Waals surface area contributed by atoms with E-state index in [0.29, 0.717) is 28.4 Å². The Hall–Kier alpha value is -0.110. The number of hydrogen-bond donors (Lipinski definition) is 0. The lowest BCUT2D eigenvalue weighted by atomic mass is 10.6. The molecule has 1 rings (SSSR count). The first kappa shape index (κ1) is 15.9. The molecule has 102 valence electrons. The standard InChI is InChI=1S/C11H20N2O2P2S/c1-4-6-16(14)9-8-10(17(15)7-5-2)13-11(12-9)18-3/h8,16-17H,4-7H2,1-3H3. The Morgan fingerprint density at radius 2 is 1.50 bits per heavy atom. The highest BCUT2D eigenvalue weighted by Gasteiger charge is 2.12. The Bertz CT molecular complexity index is 418. The zero-order valence-corrected chi connectivity index (χ0v) is 13.8. The second kappa shape index (κ2) is 8.14. The van der Waals surface area contributed by atoms with Gasteiger partial charge in [-0.25, -0.2) is 9.97 Å². The summed E-state index contributed by atoms with van der Waals surface area (Å²) in [6.45, 7) is 4.00. The van der Waals surface area contributed by atoms with E-state index in [9.17, 15) is 9.13 Å². The Labute approximate surface area is 114 Å². The minimum absolute atomic E-state index is 0.575. The normalized spacial score (nSPS) is 14.4. The fourth-order valence-corrected chi connectivity index (χ4v) is 4.68. The zero-order chi connectivity index (χ0) is 13.5. The number of nitrogens with zero attached hydrogens (tertiary/aromatic N) is 2. The molecule has 0 saturated carbocycles. The summed E-state index contributed by atoms with van der Waals surface area (Å²) in [5, 5.41) is 0.575. The van der Waals surface area contributed by atoms with Crippen molar-refractivity contribution in [3.8, 4) is 0 Å². The minimum Gasteiger partial charge on any atom is -0.320 e. The van der Waals surface area contributed by atoms with Crippen molar-refractivity contribution in [3.63, 3.8) is 0 Å². The molecule has 4 nitrogen and oxygen atoms in total. The molecule has 0 bridgehead atoms. The largest absolute Gasteiger partial charge is 0.320 e. The van der Waals surface area contributed by atoms with Crippen LogP contribution in [0.1, 0.15) is 26.7 Å². The molecule has 2 atom stereocenters. The van der Waals surface area contributed by atoms with Crippen molar-refractivity contribution in [2.75, 3.05) is 18.6 Å². The summed E-state index contributed by atoms with van der Waals surface area (Å²) in [4.78, 5) is 8.55. The number of aromatic nitrogens is 2. The van der Waals surface area contributed by atoms with Gasteiger partial charge in [0.15, 0.2) is 5.16 Å². The Balaban J connectivity index is 3.08. The van der Waals surface area contributed by atoms with Crippen LogP contribution >= 0.6 is 27.4 Å². The fourth-order valence-electron chi connectivity index (χ4n) is 1.51. The van der Waals surface area contributed by atoms with E-state index in [1.807, 2.05) is 20.1 Å². The van der Waals surface area contributed by atoms with Crippen LogP contribution in [0.4, 0.5) is 0 Å². The summed E-state index contributed by atoms with van der Waals surface area (Å²) in [6, 6.07) is 1.69. The lowest BCUT2D eigenvalue weighted by Gasteiger charge is -2.06. The SMILES string of the molecule is CCC[PH](=O)c1cc([PH](=O)CCC)nc(SC)n1. The molecule has 0 N–H and O–H groups in total. The molecule has 0 radical (unpaired) electrons. The molecule has 0 saturated heterocycles. The van der Waals surface area contributed by atoms with Crippen molar-refractivity contribution in [2.24, 2.45) is 0 Å². The van der Waals surface area contributed by atoms with Crippen LogP contribution in [-0.2, 0) is 9.13 Å². The molecule has 0 aromatic carbocycles. The van der Waals surface area contributed by atoms with Gasteiger partial charge in [0.1, 0.15) is 26.5 Å². The van der Waals surface area contributed by atoms with Crippen LogP contribution < -0.4 is 10.9 Å². The van der Waals surface area contributed by atoms with Gasteiger partial charge in [-0.1, -0.05) is 25.6 Å². The van der Waals surface area contributed by atoms with Gasteiger partial charge >= 0.3 is 0 Å². The van der Waals surface area contributed by atoms with Gasteiger partial charge in [0.2, 0.25) is 0 Å². The summed E-state index contributed by atoms with van der Waals surface area (Å²) in [7, 11) is -3.71. The molecule has 0 aliphatic rings. The van der Waals surface area contributed by atoms with Crippen molar-refractivity contribution >= 4 is 38.2 Å². The Morgan fingerprint density at radius 1 is 1.06 bits per heavy atom. The number of rotatable bonds is 7. The van der Waals surface area contributed by atoms with Crippen LogP contribution in [0.15, 0.2) is 11.2 Å². The Morgan fingerprint density at radius 3 is 1.83 bits per heavy atom. The van der Waals surface area contributed by atoms with Gasteiger partial charge in [0, 0.05) is 12.3 Å². The predicted molar refractivity (Wildman–Crippen MR) is 81.4 cm³/mol. The van der Waals surface area contributed by atoms with Gasteiger partial charge in [-0.2, -0.15) is 0 Å². The second-order valence-corrected chi connectivity index (χ2v) is 8.46. The van der Waals surface area contributed by atoms with Gasteiger partial charge in [-0.05, 0) is 25.2 Å². The highest BCUT2D eigenvalue weighted by Crippen LogP contribution is 2.24. The predicted octanol–water partition coefficient (Wildman–Crippen LogP) is 2.39. The third kappa shape index (κ3) is 4.53. The highest BCUT2D eigenvalue weighted by atomic mass is 32.2. The van der Waals surface area contributed by atoms with E-state index in [-0.39, 0.29) is 0 Å². The molecule has 18 heavy (non-hydrogen) atoms. The lowest BCUT2D eigenvalue weighted by molar-refractivity contribution is 0.591. The van der Waals surface area contributed by atoms with Crippen molar-refractivity contribution < 1.29 is 9.13 Å². The molecule has 0 aliphatic heterocycles. The second-order valence-electron chi connectivity index (χ2n) is 3.97. The molecule has 0 fully saturated rings. The first-order valence-corrected chi connectivity index (χ1v) is 10.6. The number of hydrogen-bond acceptors (Lipinski definition) is 5. The van der Waals surface area contributed by atoms with Crippen LogP contribution in [0.3, 0.4) is 0 Å². The fraction of sp³-hybridized carbons (Fsp3) is 0.636. The molecule has 1 heterocycles. The lowest BCUT2D eigenvalue weighted by Crippen LogP contribution is -2.17. The molecule has 0 amide bonds. The first-order chi connectivity index (χ1) is 8.62. The topological polar surface area (TPSA) is 59.9 Å². The monoisotopic (exact) mass is 306 g/mol. The summed E-state index contributed by atoms with van der Waals surface area (Å²) >= 11 is 1.40. The molecule has 0 aliphatic carbocycles. The summed E-state index contributed by atoms with van der Waals surface area (Å²) in [6.07, 6.45) is 4.93. The summed E-state index contributed by atoms with van der Waals surface area (Å²) in [5.41, 5.74) is 1.18. The van der Waals surface area contributed by atoms with Crippen molar-refractivity contribution in [3.05, 3.63) is 6.07 Å².